The molecule has 0 heterocycles. The van der Waals surface area contributed by atoms with Gasteiger partial charge in [-0.05, 0) is 43.4 Å². The second-order valence-electron chi connectivity index (χ2n) is 7.16. The van der Waals surface area contributed by atoms with Crippen molar-refractivity contribution >= 4 is 13.3 Å². The maximum atomic E-state index is 12.6. The maximum Gasteiger partial charge on any atom is 0.420 e. The molecule has 29 heavy (non-hydrogen) atoms. The van der Waals surface area contributed by atoms with E-state index in [0.717, 1.165) is 25.7 Å². The highest BCUT2D eigenvalue weighted by molar-refractivity contribution is 7.64. The van der Waals surface area contributed by atoms with Gasteiger partial charge in [0, 0.05) is 0 Å². The Morgan fingerprint density at radius 1 is 0.759 bits per heavy atom. The standard InChI is InChI=1S/C24H32O4P/c1-27-21-17-13-18-22(28-2)23(21)24(25)29(26)19-12-7-5-3-4-6-9-14-20-15-10-8-11-16-20/h8,10-11,13,15-18H,3-7,9,12,14,19H2,1-2H3/q+1. The van der Waals surface area contributed by atoms with E-state index in [1.54, 1.807) is 18.2 Å². The summed E-state index contributed by atoms with van der Waals surface area (Å²) >= 11 is 0. The van der Waals surface area contributed by atoms with Crippen LogP contribution in [-0.2, 0) is 11.0 Å². The topological polar surface area (TPSA) is 52.6 Å². The lowest BCUT2D eigenvalue weighted by atomic mass is 10.0. The van der Waals surface area contributed by atoms with Crippen LogP contribution in [0.3, 0.4) is 0 Å². The van der Waals surface area contributed by atoms with Crippen LogP contribution in [0.15, 0.2) is 48.5 Å². The molecule has 0 aliphatic rings. The maximum absolute atomic E-state index is 12.6. The van der Waals surface area contributed by atoms with Crippen LogP contribution in [0.5, 0.6) is 11.5 Å². The predicted molar refractivity (Wildman–Crippen MR) is 119 cm³/mol. The number of aryl methyl sites for hydroxylation is 1. The third-order valence-corrected chi connectivity index (χ3v) is 6.44. The molecule has 0 aliphatic heterocycles. The van der Waals surface area contributed by atoms with Crippen molar-refractivity contribution < 1.29 is 18.8 Å². The van der Waals surface area contributed by atoms with Gasteiger partial charge in [0.1, 0.15) is 11.5 Å². The lowest BCUT2D eigenvalue weighted by Gasteiger charge is -2.07. The summed E-state index contributed by atoms with van der Waals surface area (Å²) in [4.78, 5) is 12.6. The number of unbranched alkanes of at least 4 members (excludes halogenated alkanes) is 6. The minimum Gasteiger partial charge on any atom is -0.496 e. The van der Waals surface area contributed by atoms with Crippen molar-refractivity contribution in [1.29, 1.82) is 0 Å². The number of methoxy groups -OCH3 is 2. The van der Waals surface area contributed by atoms with Crippen molar-refractivity contribution in [3.63, 3.8) is 0 Å². The van der Waals surface area contributed by atoms with Crippen LogP contribution < -0.4 is 9.47 Å². The van der Waals surface area contributed by atoms with Crippen molar-refractivity contribution in [2.75, 3.05) is 20.4 Å². The van der Waals surface area contributed by atoms with E-state index >= 15 is 0 Å². The van der Waals surface area contributed by atoms with Gasteiger partial charge in [0.15, 0.2) is 11.7 Å². The van der Waals surface area contributed by atoms with Crippen molar-refractivity contribution in [2.24, 2.45) is 0 Å². The summed E-state index contributed by atoms with van der Waals surface area (Å²) in [5.41, 5.74) is 1.32. The third kappa shape index (κ3) is 7.62. The molecule has 0 N–H and O–H groups in total. The molecule has 1 atom stereocenters. The Balaban J connectivity index is 1.62. The van der Waals surface area contributed by atoms with Gasteiger partial charge in [0.25, 0.3) is 0 Å². The highest BCUT2D eigenvalue weighted by atomic mass is 31.1. The number of carbonyl (C=O) groups excluding carboxylic acids is 1. The highest BCUT2D eigenvalue weighted by Gasteiger charge is 2.34. The fourth-order valence-corrected chi connectivity index (χ4v) is 4.59. The molecule has 156 valence electrons. The van der Waals surface area contributed by atoms with Crippen molar-refractivity contribution in [1.82, 2.24) is 0 Å². The average Bonchev–Trinajstić information content (AvgIpc) is 2.77. The third-order valence-electron chi connectivity index (χ3n) is 5.04. The number of hydrogen-bond acceptors (Lipinski definition) is 4. The first kappa shape index (κ1) is 23.1. The molecule has 0 fully saturated rings. The molecule has 5 heteroatoms. The summed E-state index contributed by atoms with van der Waals surface area (Å²) in [6, 6.07) is 15.7. The summed E-state index contributed by atoms with van der Waals surface area (Å²) in [5, 5.41) is 0. The Labute approximate surface area is 175 Å². The van der Waals surface area contributed by atoms with E-state index in [1.165, 1.54) is 45.5 Å². The van der Waals surface area contributed by atoms with Gasteiger partial charge < -0.3 is 9.47 Å². The zero-order valence-electron chi connectivity index (χ0n) is 17.6. The molecule has 2 rings (SSSR count). The fourth-order valence-electron chi connectivity index (χ4n) is 3.40. The molecule has 0 amide bonds. The Morgan fingerprint density at radius 3 is 1.90 bits per heavy atom. The smallest absolute Gasteiger partial charge is 0.420 e. The summed E-state index contributed by atoms with van der Waals surface area (Å²) in [7, 11) is 1.03. The molecule has 0 spiro atoms. The number of ether oxygens (including phenoxy) is 2. The second kappa shape index (κ2) is 13.1. The average molecular weight is 415 g/mol. The first-order chi connectivity index (χ1) is 14.2. The Hall–Kier alpha value is -2.19. The van der Waals surface area contributed by atoms with E-state index in [2.05, 4.69) is 30.3 Å². The first-order valence-electron chi connectivity index (χ1n) is 10.4. The molecule has 2 aromatic rings. The van der Waals surface area contributed by atoms with Gasteiger partial charge in [-0.25, -0.2) is 4.79 Å². The van der Waals surface area contributed by atoms with E-state index in [4.69, 9.17) is 9.47 Å². The van der Waals surface area contributed by atoms with Crippen LogP contribution in [-0.4, -0.2) is 25.9 Å². The molecular weight excluding hydrogens is 383 g/mol. The van der Waals surface area contributed by atoms with Crippen LogP contribution in [0.1, 0.15) is 60.9 Å². The van der Waals surface area contributed by atoms with Gasteiger partial charge in [-0.15, -0.1) is 0 Å². The van der Waals surface area contributed by atoms with E-state index in [0.29, 0.717) is 17.7 Å². The first-order valence-corrected chi connectivity index (χ1v) is 11.9. The SMILES string of the molecule is COc1cccc(OC)c1C(=O)[P+](=O)CCCCCCCCCc1ccccc1. The molecule has 1 unspecified atom stereocenters. The van der Waals surface area contributed by atoms with Gasteiger partial charge in [-0.1, -0.05) is 66.6 Å². The van der Waals surface area contributed by atoms with Gasteiger partial charge in [0.2, 0.25) is 0 Å². The molecule has 0 bridgehead atoms. The molecule has 0 radical (unpaired) electrons. The number of carbonyl (C=O) groups is 1. The highest BCUT2D eigenvalue weighted by Crippen LogP contribution is 2.37. The summed E-state index contributed by atoms with van der Waals surface area (Å²) in [6.07, 6.45) is 9.41. The number of hydrogen-bond donors (Lipinski definition) is 0. The minimum atomic E-state index is -1.97. The predicted octanol–water partition coefficient (Wildman–Crippen LogP) is 6.64. The zero-order valence-corrected chi connectivity index (χ0v) is 18.5. The van der Waals surface area contributed by atoms with Crippen LogP contribution in [0.4, 0.5) is 0 Å². The van der Waals surface area contributed by atoms with Gasteiger partial charge in [-0.2, -0.15) is 0 Å². The molecule has 0 aliphatic carbocycles. The molecule has 2 aromatic carbocycles. The monoisotopic (exact) mass is 415 g/mol. The molecular formula is C24H32O4P+. The van der Waals surface area contributed by atoms with Gasteiger partial charge >= 0.3 is 13.3 Å². The largest absolute Gasteiger partial charge is 0.496 e. The van der Waals surface area contributed by atoms with Gasteiger partial charge in [0.05, 0.1) is 14.2 Å². The molecule has 0 saturated carbocycles. The molecule has 4 nitrogen and oxygen atoms in total. The van der Waals surface area contributed by atoms with Crippen LogP contribution in [0.25, 0.3) is 0 Å². The van der Waals surface area contributed by atoms with E-state index in [-0.39, 0.29) is 11.1 Å². The summed E-state index contributed by atoms with van der Waals surface area (Å²) in [5.74, 6) is 0.821. The molecule has 0 saturated heterocycles. The Bertz CT molecular complexity index is 751. The van der Waals surface area contributed by atoms with E-state index < -0.39 is 7.80 Å². The van der Waals surface area contributed by atoms with E-state index in [9.17, 15) is 9.36 Å². The Morgan fingerprint density at radius 2 is 1.31 bits per heavy atom. The lowest BCUT2D eigenvalue weighted by Crippen LogP contribution is -2.03. The number of rotatable bonds is 14. The van der Waals surface area contributed by atoms with E-state index in [1.807, 2.05) is 0 Å². The minimum absolute atomic E-state index is 0.289. The Kier molecular flexibility index (Phi) is 10.4. The lowest BCUT2D eigenvalue weighted by molar-refractivity contribution is 0.107. The quantitative estimate of drug-likeness (QED) is 0.256. The van der Waals surface area contributed by atoms with Crippen LogP contribution in [0, 0.1) is 0 Å². The molecule has 0 aromatic heterocycles. The van der Waals surface area contributed by atoms with Gasteiger partial charge in [-0.3, -0.25) is 0 Å². The fraction of sp³-hybridized carbons (Fsp3) is 0.458. The van der Waals surface area contributed by atoms with Crippen molar-refractivity contribution in [3.05, 3.63) is 59.7 Å². The normalized spacial score (nSPS) is 11.2. The van der Waals surface area contributed by atoms with Crippen molar-refractivity contribution in [2.45, 2.75) is 51.4 Å². The summed E-state index contributed by atoms with van der Waals surface area (Å²) in [6.45, 7) is 0. The zero-order chi connectivity index (χ0) is 20.9. The van der Waals surface area contributed by atoms with Crippen LogP contribution in [0.2, 0.25) is 0 Å². The second-order valence-corrected chi connectivity index (χ2v) is 8.77. The van der Waals surface area contributed by atoms with Crippen molar-refractivity contribution in [3.8, 4) is 11.5 Å². The summed E-state index contributed by atoms with van der Waals surface area (Å²) < 4.78 is 23.0. The number of benzene rings is 2. The van der Waals surface area contributed by atoms with Crippen LogP contribution >= 0.6 is 7.80 Å².